The fourth-order valence-corrected chi connectivity index (χ4v) is 2.54. The van der Waals surface area contributed by atoms with Gasteiger partial charge in [0.05, 0.1) is 0 Å². The van der Waals surface area contributed by atoms with Crippen LogP contribution in [0.15, 0.2) is 66.3 Å². The third kappa shape index (κ3) is 12.2. The van der Waals surface area contributed by atoms with Crippen LogP contribution in [0.3, 0.4) is 0 Å². The quantitative estimate of drug-likeness (QED) is 0.421. The van der Waals surface area contributed by atoms with E-state index >= 15 is 0 Å². The Morgan fingerprint density at radius 3 is 2.13 bits per heavy atom. The molecule has 124 valence electrons. The highest BCUT2D eigenvalue weighted by Gasteiger charge is 2.08. The predicted octanol–water partition coefficient (Wildman–Crippen LogP) is 6.89. The number of allylic oxidation sites excluding steroid dienone is 6. The van der Waals surface area contributed by atoms with Crippen molar-refractivity contribution in [1.82, 2.24) is 0 Å². The molecule has 1 saturated carbocycles. The molecule has 0 N–H and O–H groups in total. The van der Waals surface area contributed by atoms with Gasteiger partial charge in [-0.1, -0.05) is 91.1 Å². The molecule has 0 heterocycles. The van der Waals surface area contributed by atoms with Gasteiger partial charge in [0.15, 0.2) is 0 Å². The van der Waals surface area contributed by atoms with E-state index in [9.17, 15) is 0 Å². The standard InChI is InChI=1S/C14H22.C7H8.C2H2/c1-3-8-13(2)9-7-12-14-10-5-4-6-11-14;1-7-5-3-2-4-6-7;1-2/h3,7-9,12,14H,4-6,10-11H2,1-2H3;2-6H,1H3;1-2H/b8-3-,12-7+,13-9-;;. The van der Waals surface area contributed by atoms with Crippen LogP contribution in [0, 0.1) is 25.7 Å². The smallest absolute Gasteiger partial charge is 0.0230 e. The molecule has 1 aromatic carbocycles. The van der Waals surface area contributed by atoms with Crippen LogP contribution in [0.1, 0.15) is 51.5 Å². The van der Waals surface area contributed by atoms with Gasteiger partial charge in [-0.25, -0.2) is 0 Å². The Kier molecular flexibility index (Phi) is 13.6. The molecule has 0 amide bonds. The normalized spacial score (nSPS) is 15.6. The molecule has 0 saturated heterocycles. The molecular formula is C23H32. The highest BCUT2D eigenvalue weighted by atomic mass is 14.1. The van der Waals surface area contributed by atoms with E-state index in [1.165, 1.54) is 43.2 Å². The van der Waals surface area contributed by atoms with Gasteiger partial charge in [-0.05, 0) is 39.5 Å². The second kappa shape index (κ2) is 14.9. The average molecular weight is 309 g/mol. The van der Waals surface area contributed by atoms with E-state index in [2.05, 4.69) is 76.1 Å². The molecule has 0 unspecified atom stereocenters. The maximum absolute atomic E-state index is 4.00. The number of hydrogen-bond acceptors (Lipinski definition) is 0. The summed E-state index contributed by atoms with van der Waals surface area (Å²) in [5.74, 6) is 0.846. The number of aryl methyl sites for hydroxylation is 1. The largest absolute Gasteiger partial charge is 0.124 e. The van der Waals surface area contributed by atoms with Crippen LogP contribution in [0.4, 0.5) is 0 Å². The van der Waals surface area contributed by atoms with Crippen LogP contribution in [0.2, 0.25) is 0 Å². The summed E-state index contributed by atoms with van der Waals surface area (Å²) in [6.07, 6.45) is 26.1. The minimum atomic E-state index is 0.846. The van der Waals surface area contributed by atoms with Crippen LogP contribution in [-0.4, -0.2) is 0 Å². The molecule has 1 fully saturated rings. The Morgan fingerprint density at radius 1 is 1.04 bits per heavy atom. The van der Waals surface area contributed by atoms with Crippen molar-refractivity contribution in [3.63, 3.8) is 0 Å². The van der Waals surface area contributed by atoms with Gasteiger partial charge in [-0.2, -0.15) is 0 Å². The molecule has 0 nitrogen and oxygen atoms in total. The van der Waals surface area contributed by atoms with Gasteiger partial charge in [-0.3, -0.25) is 0 Å². The van der Waals surface area contributed by atoms with Crippen molar-refractivity contribution in [1.29, 1.82) is 0 Å². The molecule has 0 aromatic heterocycles. The molecule has 1 aliphatic carbocycles. The Labute approximate surface area is 144 Å². The van der Waals surface area contributed by atoms with E-state index in [4.69, 9.17) is 0 Å². The number of hydrogen-bond donors (Lipinski definition) is 0. The monoisotopic (exact) mass is 308 g/mol. The van der Waals surface area contributed by atoms with Crippen LogP contribution < -0.4 is 0 Å². The van der Waals surface area contributed by atoms with Crippen LogP contribution >= 0.6 is 0 Å². The fourth-order valence-electron chi connectivity index (χ4n) is 2.54. The Balaban J connectivity index is 0.000000449. The zero-order valence-electron chi connectivity index (χ0n) is 15.0. The van der Waals surface area contributed by atoms with Crippen molar-refractivity contribution in [2.24, 2.45) is 5.92 Å². The third-order valence-corrected chi connectivity index (χ3v) is 3.76. The molecule has 0 spiro atoms. The second-order valence-corrected chi connectivity index (χ2v) is 5.85. The summed E-state index contributed by atoms with van der Waals surface area (Å²) in [5.41, 5.74) is 2.65. The van der Waals surface area contributed by atoms with Crippen molar-refractivity contribution in [2.45, 2.75) is 52.9 Å². The van der Waals surface area contributed by atoms with Crippen molar-refractivity contribution >= 4 is 0 Å². The first-order valence-corrected chi connectivity index (χ1v) is 8.55. The lowest BCUT2D eigenvalue weighted by Crippen LogP contribution is -2.02. The van der Waals surface area contributed by atoms with Gasteiger partial charge in [0, 0.05) is 0 Å². The minimum Gasteiger partial charge on any atom is -0.124 e. The number of terminal acetylenes is 1. The van der Waals surface area contributed by atoms with Crippen molar-refractivity contribution < 1.29 is 0 Å². The predicted molar refractivity (Wildman–Crippen MR) is 105 cm³/mol. The topological polar surface area (TPSA) is 0 Å². The molecule has 0 bridgehead atoms. The molecular weight excluding hydrogens is 276 g/mol. The highest BCUT2D eigenvalue weighted by molar-refractivity contribution is 5.21. The van der Waals surface area contributed by atoms with E-state index in [0.717, 1.165) is 5.92 Å². The maximum atomic E-state index is 4.00. The summed E-state index contributed by atoms with van der Waals surface area (Å²) in [4.78, 5) is 0. The van der Waals surface area contributed by atoms with Gasteiger partial charge in [0.1, 0.15) is 0 Å². The Bertz CT molecular complexity index is 479. The van der Waals surface area contributed by atoms with E-state index in [0.29, 0.717) is 0 Å². The summed E-state index contributed by atoms with van der Waals surface area (Å²) < 4.78 is 0. The molecule has 0 radical (unpaired) electrons. The Morgan fingerprint density at radius 2 is 1.65 bits per heavy atom. The summed E-state index contributed by atoms with van der Waals surface area (Å²) in [7, 11) is 0. The summed E-state index contributed by atoms with van der Waals surface area (Å²) in [6.45, 7) is 6.29. The van der Waals surface area contributed by atoms with Crippen molar-refractivity contribution in [3.05, 3.63) is 71.8 Å². The maximum Gasteiger partial charge on any atom is -0.0230 e. The molecule has 2 rings (SSSR count). The van der Waals surface area contributed by atoms with Gasteiger partial charge in [0.25, 0.3) is 0 Å². The summed E-state index contributed by atoms with van der Waals surface area (Å²) in [5, 5.41) is 0. The first kappa shape index (κ1) is 21.0. The zero-order valence-corrected chi connectivity index (χ0v) is 15.0. The zero-order chi connectivity index (χ0) is 17.3. The second-order valence-electron chi connectivity index (χ2n) is 5.85. The molecule has 23 heavy (non-hydrogen) atoms. The molecule has 0 heteroatoms. The van der Waals surface area contributed by atoms with Crippen molar-refractivity contribution in [3.8, 4) is 12.8 Å². The molecule has 0 atom stereocenters. The van der Waals surface area contributed by atoms with Crippen LogP contribution in [-0.2, 0) is 0 Å². The van der Waals surface area contributed by atoms with Crippen LogP contribution in [0.25, 0.3) is 0 Å². The lowest BCUT2D eigenvalue weighted by Gasteiger charge is -2.17. The summed E-state index contributed by atoms with van der Waals surface area (Å²) >= 11 is 0. The van der Waals surface area contributed by atoms with E-state index < -0.39 is 0 Å². The van der Waals surface area contributed by atoms with E-state index in [1.807, 2.05) is 18.2 Å². The van der Waals surface area contributed by atoms with Gasteiger partial charge >= 0.3 is 0 Å². The van der Waals surface area contributed by atoms with Crippen LogP contribution in [0.5, 0.6) is 0 Å². The Hall–Kier alpha value is -2.00. The van der Waals surface area contributed by atoms with Gasteiger partial charge in [0.2, 0.25) is 0 Å². The summed E-state index contributed by atoms with van der Waals surface area (Å²) in [6, 6.07) is 10.3. The highest BCUT2D eigenvalue weighted by Crippen LogP contribution is 2.24. The minimum absolute atomic E-state index is 0.846. The van der Waals surface area contributed by atoms with Gasteiger partial charge < -0.3 is 0 Å². The SMILES string of the molecule is C#C.C\C=C/C(C)=C\C=C\C1CCCCC1.Cc1ccccc1. The fraction of sp³-hybridized carbons (Fsp3) is 0.391. The number of benzene rings is 1. The molecule has 1 aromatic rings. The first-order chi connectivity index (χ1) is 11.2. The molecule has 0 aliphatic heterocycles. The first-order valence-electron chi connectivity index (χ1n) is 8.55. The lowest BCUT2D eigenvalue weighted by atomic mass is 9.89. The lowest BCUT2D eigenvalue weighted by molar-refractivity contribution is 0.419. The number of rotatable bonds is 3. The van der Waals surface area contributed by atoms with E-state index in [1.54, 1.807) is 0 Å². The molecule has 1 aliphatic rings. The van der Waals surface area contributed by atoms with E-state index in [-0.39, 0.29) is 0 Å². The van der Waals surface area contributed by atoms with Crippen molar-refractivity contribution in [2.75, 3.05) is 0 Å². The van der Waals surface area contributed by atoms with Gasteiger partial charge in [-0.15, -0.1) is 12.8 Å². The third-order valence-electron chi connectivity index (χ3n) is 3.76. The average Bonchev–Trinajstić information content (AvgIpc) is 2.59.